The molecular formula is C19H18F6N2O4S2. The second-order valence-electron chi connectivity index (χ2n) is 6.81. The normalized spacial score (nSPS) is 12.5. The molecule has 0 aliphatic rings. The van der Waals surface area contributed by atoms with Crippen molar-refractivity contribution in [1.29, 1.82) is 0 Å². The van der Waals surface area contributed by atoms with Crippen LogP contribution in [0.15, 0.2) is 47.4 Å². The van der Waals surface area contributed by atoms with Crippen LogP contribution in [-0.2, 0) is 10.0 Å². The summed E-state index contributed by atoms with van der Waals surface area (Å²) in [6.07, 6.45) is -12.5. The van der Waals surface area contributed by atoms with Crippen molar-refractivity contribution in [3.8, 4) is 11.5 Å². The number of rotatable bonds is 9. The van der Waals surface area contributed by atoms with E-state index in [1.807, 2.05) is 0 Å². The topological polar surface area (TPSA) is 89.7 Å². The monoisotopic (exact) mass is 516 g/mol. The number of halogens is 6. The lowest BCUT2D eigenvalue weighted by molar-refractivity contribution is -0.135. The highest BCUT2D eigenvalue weighted by Crippen LogP contribution is 2.40. The molecule has 0 spiro atoms. The van der Waals surface area contributed by atoms with Crippen LogP contribution in [-0.4, -0.2) is 39.0 Å². The number of anilines is 1. The maximum Gasteiger partial charge on any atom is 0.390 e. The zero-order valence-electron chi connectivity index (χ0n) is 16.7. The molecule has 2 rings (SSSR count). The van der Waals surface area contributed by atoms with Gasteiger partial charge in [-0.2, -0.15) is 26.3 Å². The average molecular weight is 516 g/mol. The molecule has 0 aliphatic carbocycles. The largest absolute Gasteiger partial charge is 0.454 e. The van der Waals surface area contributed by atoms with Gasteiger partial charge in [0, 0.05) is 18.7 Å². The van der Waals surface area contributed by atoms with Crippen LogP contribution in [0, 0.1) is 0 Å². The molecule has 14 heteroatoms. The fourth-order valence-electron chi connectivity index (χ4n) is 2.74. The van der Waals surface area contributed by atoms with Crippen LogP contribution in [0.3, 0.4) is 0 Å². The highest BCUT2D eigenvalue weighted by Gasteiger charge is 2.33. The second kappa shape index (κ2) is 10.2. The summed E-state index contributed by atoms with van der Waals surface area (Å²) in [4.78, 5) is 11.7. The number of sulfonamides is 1. The lowest BCUT2D eigenvalue weighted by Crippen LogP contribution is -2.32. The molecule has 6 nitrogen and oxygen atoms in total. The van der Waals surface area contributed by atoms with E-state index in [-0.39, 0.29) is 5.75 Å². The summed E-state index contributed by atoms with van der Waals surface area (Å²) in [5.74, 6) is -0.591. The number of nitrogens with zero attached hydrogens (tertiary/aromatic N) is 1. The summed E-state index contributed by atoms with van der Waals surface area (Å²) in [5, 5.41) is 4.23. The van der Waals surface area contributed by atoms with Gasteiger partial charge in [-0.15, -0.1) is 12.6 Å². The van der Waals surface area contributed by atoms with Crippen molar-refractivity contribution >= 4 is 33.5 Å². The van der Waals surface area contributed by atoms with Crippen LogP contribution in [0.5, 0.6) is 11.5 Å². The lowest BCUT2D eigenvalue weighted by atomic mass is 10.1. The van der Waals surface area contributed by atoms with E-state index in [2.05, 4.69) is 12.6 Å². The van der Waals surface area contributed by atoms with Gasteiger partial charge in [0.05, 0.1) is 18.5 Å². The average Bonchev–Trinajstić information content (AvgIpc) is 2.66. The van der Waals surface area contributed by atoms with E-state index in [0.717, 1.165) is 12.1 Å². The van der Waals surface area contributed by atoms with Gasteiger partial charge < -0.3 is 9.64 Å². The number of ether oxygens (including phenoxy) is 1. The number of primary sulfonamides is 1. The summed E-state index contributed by atoms with van der Waals surface area (Å²) in [5.41, 5.74) is -0.905. The minimum absolute atomic E-state index is 0.0280. The number of nitrogens with two attached hydrogens (primary N) is 1. The van der Waals surface area contributed by atoms with Gasteiger partial charge in [-0.25, -0.2) is 13.6 Å². The maximum atomic E-state index is 12.9. The Bertz CT molecular complexity index is 1070. The Hall–Kier alpha value is -2.45. The first-order valence-corrected chi connectivity index (χ1v) is 11.1. The Morgan fingerprint density at radius 3 is 1.91 bits per heavy atom. The van der Waals surface area contributed by atoms with Crippen molar-refractivity contribution in [2.45, 2.75) is 30.1 Å². The maximum absolute atomic E-state index is 12.9. The highest BCUT2D eigenvalue weighted by molar-refractivity contribution is 7.97. The summed E-state index contributed by atoms with van der Waals surface area (Å²) in [6, 6.07) is 9.06. The third kappa shape index (κ3) is 8.44. The zero-order chi connectivity index (χ0) is 25.0. The van der Waals surface area contributed by atoms with Crippen molar-refractivity contribution in [3.05, 3.63) is 48.0 Å². The molecule has 0 saturated carbocycles. The molecule has 0 bridgehead atoms. The van der Waals surface area contributed by atoms with Gasteiger partial charge in [0.25, 0.3) is 0 Å². The van der Waals surface area contributed by atoms with Crippen molar-refractivity contribution in [2.75, 3.05) is 18.0 Å². The molecule has 2 aromatic rings. The van der Waals surface area contributed by atoms with Crippen LogP contribution in [0.1, 0.15) is 23.2 Å². The van der Waals surface area contributed by atoms with E-state index < -0.39 is 75.3 Å². The number of alkyl halides is 6. The van der Waals surface area contributed by atoms with Crippen LogP contribution in [0.25, 0.3) is 0 Å². The molecule has 0 aliphatic heterocycles. The van der Waals surface area contributed by atoms with Gasteiger partial charge in [0.1, 0.15) is 10.6 Å². The first kappa shape index (κ1) is 26.8. The molecule has 2 N–H and O–H groups in total. The number of hydrogen-bond donors (Lipinski definition) is 2. The van der Waals surface area contributed by atoms with Gasteiger partial charge in [0.2, 0.25) is 15.1 Å². The molecule has 0 fully saturated rings. The third-order valence-corrected chi connectivity index (χ3v) is 5.40. The van der Waals surface area contributed by atoms with Crippen LogP contribution in [0.2, 0.25) is 0 Å². The molecule has 0 unspecified atom stereocenters. The predicted molar refractivity (Wildman–Crippen MR) is 111 cm³/mol. The van der Waals surface area contributed by atoms with Gasteiger partial charge in [-0.3, -0.25) is 4.79 Å². The standard InChI is InChI=1S/C19H18F6N2O4S2/c20-18(21,22)6-8-27(9-7-19(23,24)25)14-10-12(17(28)32)11-15(33(26,29)30)16(14)31-13-4-2-1-3-5-13/h1-5,10-11H,6-9H2,(H,28,32)(H2,26,29,30). The zero-order valence-corrected chi connectivity index (χ0v) is 18.4. The van der Waals surface area contributed by atoms with Gasteiger partial charge in [-0.1, -0.05) is 18.2 Å². The van der Waals surface area contributed by atoms with Gasteiger partial charge in [-0.05, 0) is 24.3 Å². The Morgan fingerprint density at radius 1 is 0.970 bits per heavy atom. The Balaban J connectivity index is 2.73. The molecule has 0 radical (unpaired) electrons. The summed E-state index contributed by atoms with van der Waals surface area (Å²) >= 11 is 3.58. The van der Waals surface area contributed by atoms with Crippen molar-refractivity contribution in [2.24, 2.45) is 5.14 Å². The van der Waals surface area contributed by atoms with E-state index in [1.54, 1.807) is 6.07 Å². The molecular weight excluding hydrogens is 498 g/mol. The van der Waals surface area contributed by atoms with E-state index in [1.165, 1.54) is 24.3 Å². The molecule has 0 amide bonds. The molecule has 0 saturated heterocycles. The predicted octanol–water partition coefficient (Wildman–Crippen LogP) is 4.91. The fourth-order valence-corrected chi connectivity index (χ4v) is 3.57. The van der Waals surface area contributed by atoms with Crippen LogP contribution < -0.4 is 14.8 Å². The quantitative estimate of drug-likeness (QED) is 0.365. The second-order valence-corrected chi connectivity index (χ2v) is 8.74. The SMILES string of the molecule is NS(=O)(=O)c1cc(C(=O)S)cc(N(CCC(F)(F)F)CCC(F)(F)F)c1Oc1ccccc1. The third-order valence-electron chi connectivity index (χ3n) is 4.22. The smallest absolute Gasteiger partial charge is 0.390 e. The fraction of sp³-hybridized carbons (Fsp3) is 0.316. The van der Waals surface area contributed by atoms with Crippen LogP contribution >= 0.6 is 12.6 Å². The number of thiol groups is 1. The number of para-hydroxylation sites is 1. The first-order valence-electron chi connectivity index (χ1n) is 9.12. The Kier molecular flexibility index (Phi) is 8.30. The molecule has 0 heterocycles. The lowest BCUT2D eigenvalue weighted by Gasteiger charge is -2.29. The van der Waals surface area contributed by atoms with Crippen molar-refractivity contribution in [1.82, 2.24) is 0 Å². The number of carbonyl (C=O) groups is 1. The van der Waals surface area contributed by atoms with E-state index in [0.29, 0.717) is 4.90 Å². The minimum Gasteiger partial charge on any atom is -0.454 e. The molecule has 0 atom stereocenters. The van der Waals surface area contributed by atoms with Crippen LogP contribution in [0.4, 0.5) is 32.0 Å². The molecule has 182 valence electrons. The number of carbonyl (C=O) groups excluding carboxylic acids is 1. The van der Waals surface area contributed by atoms with E-state index >= 15 is 0 Å². The Morgan fingerprint density at radius 2 is 1.48 bits per heavy atom. The van der Waals surface area contributed by atoms with Gasteiger partial charge in [0.15, 0.2) is 5.75 Å². The van der Waals surface area contributed by atoms with Crippen molar-refractivity contribution in [3.63, 3.8) is 0 Å². The number of hydrogen-bond acceptors (Lipinski definition) is 5. The van der Waals surface area contributed by atoms with E-state index in [9.17, 15) is 39.6 Å². The minimum atomic E-state index is -4.73. The first-order chi connectivity index (χ1) is 15.1. The van der Waals surface area contributed by atoms with E-state index in [4.69, 9.17) is 9.88 Å². The highest BCUT2D eigenvalue weighted by atomic mass is 32.2. The summed E-state index contributed by atoms with van der Waals surface area (Å²) in [7, 11) is -4.63. The summed E-state index contributed by atoms with van der Waals surface area (Å²) < 4.78 is 107. The summed E-state index contributed by atoms with van der Waals surface area (Å²) in [6.45, 7) is -1.95. The van der Waals surface area contributed by atoms with Gasteiger partial charge >= 0.3 is 12.4 Å². The molecule has 0 aromatic heterocycles. The van der Waals surface area contributed by atoms with Crippen molar-refractivity contribution < 1.29 is 44.3 Å². The Labute approximate surface area is 190 Å². The molecule has 33 heavy (non-hydrogen) atoms. The molecule has 2 aromatic carbocycles. The number of benzene rings is 2.